The molecule has 1 N–H and O–H groups in total. The lowest BCUT2D eigenvalue weighted by molar-refractivity contribution is 0.0951. The smallest absolute Gasteiger partial charge is 0.251 e. The van der Waals surface area contributed by atoms with Crippen LogP contribution in [0.2, 0.25) is 0 Å². The van der Waals surface area contributed by atoms with Crippen molar-refractivity contribution in [3.63, 3.8) is 0 Å². The van der Waals surface area contributed by atoms with Crippen molar-refractivity contribution < 1.29 is 13.2 Å². The second-order valence-electron chi connectivity index (χ2n) is 7.10. The van der Waals surface area contributed by atoms with Crippen molar-refractivity contribution in [2.24, 2.45) is 0 Å². The molecule has 0 atom stereocenters. The van der Waals surface area contributed by atoms with Gasteiger partial charge < -0.3 is 5.32 Å². The number of fused-ring (bicyclic) bond motifs is 1. The Bertz CT molecular complexity index is 1070. The van der Waals surface area contributed by atoms with Crippen LogP contribution in [0.4, 0.5) is 0 Å². The summed E-state index contributed by atoms with van der Waals surface area (Å²) < 4.78 is 28.3. The third-order valence-electron chi connectivity index (χ3n) is 5.06. The Morgan fingerprint density at radius 1 is 1.00 bits per heavy atom. The van der Waals surface area contributed by atoms with Crippen LogP contribution in [0.5, 0.6) is 0 Å². The molecule has 1 amide bonds. The Hall–Kier alpha value is -2.29. The average molecular weight is 430 g/mol. The molecule has 6 nitrogen and oxygen atoms in total. The molecule has 1 saturated heterocycles. The van der Waals surface area contributed by atoms with Gasteiger partial charge in [-0.25, -0.2) is 13.4 Å². The van der Waals surface area contributed by atoms with E-state index in [0.717, 1.165) is 40.9 Å². The molecular weight excluding hydrogens is 406 g/mol. The largest absolute Gasteiger partial charge is 0.346 e. The monoisotopic (exact) mass is 429 g/mol. The zero-order valence-electron chi connectivity index (χ0n) is 16.0. The zero-order valence-corrected chi connectivity index (χ0v) is 17.6. The highest BCUT2D eigenvalue weighted by Gasteiger charge is 2.25. The Morgan fingerprint density at radius 3 is 2.38 bits per heavy atom. The number of thiazole rings is 1. The number of sulfonamides is 1. The Morgan fingerprint density at radius 2 is 1.69 bits per heavy atom. The minimum Gasteiger partial charge on any atom is -0.346 e. The lowest BCUT2D eigenvalue weighted by atomic mass is 10.2. The number of nitrogens with zero attached hydrogens (tertiary/aromatic N) is 2. The normalized spacial score (nSPS) is 15.9. The number of benzene rings is 2. The minimum atomic E-state index is -3.50. The summed E-state index contributed by atoms with van der Waals surface area (Å²) in [7, 11) is -3.50. The number of carbonyl (C=O) groups excluding carboxylic acids is 1. The van der Waals surface area contributed by atoms with Crippen LogP contribution in [0.25, 0.3) is 10.2 Å². The molecular formula is C21H23N3O3S2. The third-order valence-corrected chi connectivity index (χ3v) is 8.01. The number of rotatable bonds is 5. The molecule has 2 heterocycles. The summed E-state index contributed by atoms with van der Waals surface area (Å²) in [5, 5.41) is 3.69. The van der Waals surface area contributed by atoms with Gasteiger partial charge in [0.2, 0.25) is 10.0 Å². The fourth-order valence-electron chi connectivity index (χ4n) is 3.46. The van der Waals surface area contributed by atoms with E-state index in [9.17, 15) is 13.2 Å². The summed E-state index contributed by atoms with van der Waals surface area (Å²) in [4.78, 5) is 17.2. The van der Waals surface area contributed by atoms with Gasteiger partial charge in [-0.15, -0.1) is 11.3 Å². The van der Waals surface area contributed by atoms with Crippen molar-refractivity contribution in [3.8, 4) is 0 Å². The van der Waals surface area contributed by atoms with E-state index in [1.165, 1.54) is 12.1 Å². The number of hydrogen-bond donors (Lipinski definition) is 1. The van der Waals surface area contributed by atoms with Crippen LogP contribution in [0.15, 0.2) is 53.4 Å². The second kappa shape index (κ2) is 8.61. The van der Waals surface area contributed by atoms with Crippen molar-refractivity contribution in [2.45, 2.75) is 37.1 Å². The number of aromatic nitrogens is 1. The second-order valence-corrected chi connectivity index (χ2v) is 10.2. The van der Waals surface area contributed by atoms with E-state index in [-0.39, 0.29) is 10.8 Å². The van der Waals surface area contributed by atoms with Gasteiger partial charge in [0.05, 0.1) is 21.7 Å². The molecule has 4 rings (SSSR count). The average Bonchev–Trinajstić information content (AvgIpc) is 2.94. The van der Waals surface area contributed by atoms with E-state index in [2.05, 4.69) is 10.3 Å². The van der Waals surface area contributed by atoms with E-state index >= 15 is 0 Å². The van der Waals surface area contributed by atoms with Crippen LogP contribution in [-0.4, -0.2) is 36.7 Å². The summed E-state index contributed by atoms with van der Waals surface area (Å²) in [5.41, 5.74) is 1.35. The summed E-state index contributed by atoms with van der Waals surface area (Å²) in [6.45, 7) is 1.46. The lowest BCUT2D eigenvalue weighted by Gasteiger charge is -2.20. The highest BCUT2D eigenvalue weighted by molar-refractivity contribution is 7.89. The van der Waals surface area contributed by atoms with E-state index in [1.54, 1.807) is 27.8 Å². The Labute approximate surface area is 174 Å². The number of carbonyl (C=O) groups is 1. The number of para-hydroxylation sites is 1. The molecule has 29 heavy (non-hydrogen) atoms. The summed E-state index contributed by atoms with van der Waals surface area (Å²) in [5.74, 6) is -0.247. The summed E-state index contributed by atoms with van der Waals surface area (Å²) in [6, 6.07) is 14.0. The van der Waals surface area contributed by atoms with Crippen LogP contribution in [0, 0.1) is 0 Å². The SMILES string of the molecule is O=C(NCc1nc2ccccc2s1)c1ccc(S(=O)(=O)N2CCCCCC2)cc1. The maximum absolute atomic E-state index is 12.8. The van der Waals surface area contributed by atoms with Gasteiger partial charge in [0.15, 0.2) is 0 Å². The van der Waals surface area contributed by atoms with Gasteiger partial charge in [0.25, 0.3) is 5.91 Å². The molecule has 0 radical (unpaired) electrons. The quantitative estimate of drug-likeness (QED) is 0.669. The number of nitrogens with one attached hydrogen (secondary N) is 1. The number of amides is 1. The van der Waals surface area contributed by atoms with E-state index in [4.69, 9.17) is 0 Å². The first-order chi connectivity index (χ1) is 14.0. The van der Waals surface area contributed by atoms with Gasteiger partial charge in [-0.3, -0.25) is 4.79 Å². The molecule has 1 aromatic heterocycles. The van der Waals surface area contributed by atoms with Gasteiger partial charge in [-0.2, -0.15) is 4.31 Å². The first-order valence-electron chi connectivity index (χ1n) is 9.77. The molecule has 0 aliphatic carbocycles. The van der Waals surface area contributed by atoms with Crippen molar-refractivity contribution in [3.05, 3.63) is 59.1 Å². The molecule has 0 saturated carbocycles. The standard InChI is InChI=1S/C21H23N3O3S2/c25-21(22-15-20-23-18-7-3-4-8-19(18)28-20)16-9-11-17(12-10-16)29(26,27)24-13-5-1-2-6-14-24/h3-4,7-12H,1-2,5-6,13-15H2,(H,22,25). The van der Waals surface area contributed by atoms with Gasteiger partial charge in [0, 0.05) is 18.7 Å². The van der Waals surface area contributed by atoms with Crippen molar-refractivity contribution in [2.75, 3.05) is 13.1 Å². The fraction of sp³-hybridized carbons (Fsp3) is 0.333. The molecule has 8 heteroatoms. The van der Waals surface area contributed by atoms with E-state index in [1.807, 2.05) is 24.3 Å². The first kappa shape index (κ1) is 20.0. The van der Waals surface area contributed by atoms with Gasteiger partial charge in [-0.05, 0) is 49.2 Å². The van der Waals surface area contributed by atoms with Crippen molar-refractivity contribution in [1.29, 1.82) is 0 Å². The Kier molecular flexibility index (Phi) is 5.94. The predicted octanol–water partition coefficient (Wildman–Crippen LogP) is 3.79. The highest BCUT2D eigenvalue weighted by Crippen LogP contribution is 2.22. The molecule has 0 unspecified atom stereocenters. The highest BCUT2D eigenvalue weighted by atomic mass is 32.2. The molecule has 0 spiro atoms. The van der Waals surface area contributed by atoms with Crippen LogP contribution >= 0.6 is 11.3 Å². The molecule has 1 aliphatic rings. The van der Waals surface area contributed by atoms with Gasteiger partial charge in [-0.1, -0.05) is 25.0 Å². The Balaban J connectivity index is 1.42. The van der Waals surface area contributed by atoms with Gasteiger partial charge >= 0.3 is 0 Å². The van der Waals surface area contributed by atoms with Gasteiger partial charge in [0.1, 0.15) is 5.01 Å². The zero-order chi connectivity index (χ0) is 20.3. The van der Waals surface area contributed by atoms with Crippen molar-refractivity contribution >= 4 is 37.5 Å². The first-order valence-corrected chi connectivity index (χ1v) is 12.0. The van der Waals surface area contributed by atoms with Crippen LogP contribution in [-0.2, 0) is 16.6 Å². The predicted molar refractivity (Wildman–Crippen MR) is 114 cm³/mol. The van der Waals surface area contributed by atoms with Crippen molar-refractivity contribution in [1.82, 2.24) is 14.6 Å². The molecule has 1 fully saturated rings. The van der Waals surface area contributed by atoms with E-state index < -0.39 is 10.0 Å². The minimum absolute atomic E-state index is 0.238. The molecule has 2 aromatic carbocycles. The summed E-state index contributed by atoms with van der Waals surface area (Å²) >= 11 is 1.55. The fourth-order valence-corrected chi connectivity index (χ4v) is 5.89. The maximum Gasteiger partial charge on any atom is 0.251 e. The van der Waals surface area contributed by atoms with Crippen LogP contribution in [0.1, 0.15) is 41.0 Å². The lowest BCUT2D eigenvalue weighted by Crippen LogP contribution is -2.32. The van der Waals surface area contributed by atoms with E-state index in [0.29, 0.717) is 25.2 Å². The molecule has 3 aromatic rings. The summed E-state index contributed by atoms with van der Waals surface area (Å²) in [6.07, 6.45) is 3.93. The van der Waals surface area contributed by atoms with Crippen LogP contribution < -0.4 is 5.32 Å². The molecule has 0 bridgehead atoms. The topological polar surface area (TPSA) is 79.4 Å². The molecule has 1 aliphatic heterocycles. The molecule has 152 valence electrons. The maximum atomic E-state index is 12.8. The van der Waals surface area contributed by atoms with Crippen LogP contribution in [0.3, 0.4) is 0 Å². The third kappa shape index (κ3) is 4.49. The number of hydrogen-bond acceptors (Lipinski definition) is 5.